The van der Waals surface area contributed by atoms with E-state index >= 15 is 0 Å². The molecule has 2 aromatic carbocycles. The molecule has 0 aliphatic carbocycles. The maximum Gasteiger partial charge on any atom is 0.225 e. The summed E-state index contributed by atoms with van der Waals surface area (Å²) in [6, 6.07) is 17.1. The minimum Gasteiger partial charge on any atom is -0.342 e. The summed E-state index contributed by atoms with van der Waals surface area (Å²) in [5.74, 6) is 1.58. The summed E-state index contributed by atoms with van der Waals surface area (Å²) in [5, 5.41) is 0. The summed E-state index contributed by atoms with van der Waals surface area (Å²) >= 11 is 0. The van der Waals surface area contributed by atoms with Gasteiger partial charge in [0, 0.05) is 32.1 Å². The number of aromatic nitrogens is 2. The molecule has 30 heavy (non-hydrogen) atoms. The minimum absolute atomic E-state index is 0.175. The van der Waals surface area contributed by atoms with Crippen molar-refractivity contribution in [3.05, 3.63) is 59.7 Å². The van der Waals surface area contributed by atoms with Crippen molar-refractivity contribution in [1.82, 2.24) is 14.5 Å². The lowest BCUT2D eigenvalue weighted by molar-refractivity contribution is -0.135. The Morgan fingerprint density at radius 1 is 1.00 bits per heavy atom. The first kappa shape index (κ1) is 19.2. The van der Waals surface area contributed by atoms with E-state index in [4.69, 9.17) is 4.98 Å². The zero-order valence-corrected chi connectivity index (χ0v) is 17.8. The fourth-order valence-corrected chi connectivity index (χ4v) is 4.98. The van der Waals surface area contributed by atoms with Crippen LogP contribution in [0, 0.1) is 12.8 Å². The van der Waals surface area contributed by atoms with Crippen molar-refractivity contribution in [2.75, 3.05) is 31.1 Å². The first-order valence-corrected chi connectivity index (χ1v) is 11.2. The van der Waals surface area contributed by atoms with Crippen molar-refractivity contribution >= 4 is 22.9 Å². The molecule has 0 radical (unpaired) electrons. The third-order valence-corrected chi connectivity index (χ3v) is 6.60. The Kier molecular flexibility index (Phi) is 5.19. The molecule has 0 atom stereocenters. The standard InChI is InChI=1S/C25H30N4O/c1-19-7-6-8-20(17-19)18-29-23-10-3-2-9-22(23)26-25(29)28-15-11-21(12-16-28)24(30)27-13-4-5-14-27/h2-3,6-10,17,21H,4-5,11-16,18H2,1H3. The third kappa shape index (κ3) is 3.69. The van der Waals surface area contributed by atoms with Crippen LogP contribution in [0.25, 0.3) is 11.0 Å². The fraction of sp³-hybridized carbons (Fsp3) is 0.440. The number of carbonyl (C=O) groups excluding carboxylic acids is 1. The molecule has 2 aliphatic heterocycles. The van der Waals surface area contributed by atoms with Crippen molar-refractivity contribution in [3.63, 3.8) is 0 Å². The molecule has 3 aromatic rings. The second-order valence-corrected chi connectivity index (χ2v) is 8.77. The molecular formula is C25H30N4O. The van der Waals surface area contributed by atoms with Gasteiger partial charge in [-0.15, -0.1) is 0 Å². The number of nitrogens with zero attached hydrogens (tertiary/aromatic N) is 4. The molecule has 3 heterocycles. The van der Waals surface area contributed by atoms with Crippen LogP contribution < -0.4 is 4.90 Å². The van der Waals surface area contributed by atoms with E-state index < -0.39 is 0 Å². The summed E-state index contributed by atoms with van der Waals surface area (Å²) in [6.07, 6.45) is 4.16. The summed E-state index contributed by atoms with van der Waals surface area (Å²) in [4.78, 5) is 22.3. The molecule has 1 aromatic heterocycles. The second-order valence-electron chi connectivity index (χ2n) is 8.77. The van der Waals surface area contributed by atoms with Gasteiger partial charge in [0.2, 0.25) is 11.9 Å². The number of carbonyl (C=O) groups is 1. The van der Waals surface area contributed by atoms with Gasteiger partial charge in [-0.2, -0.15) is 0 Å². The van der Waals surface area contributed by atoms with Gasteiger partial charge in [-0.25, -0.2) is 4.98 Å². The molecule has 1 amide bonds. The Balaban J connectivity index is 1.38. The van der Waals surface area contributed by atoms with Crippen LogP contribution >= 0.6 is 0 Å². The van der Waals surface area contributed by atoms with Gasteiger partial charge < -0.3 is 14.4 Å². The smallest absolute Gasteiger partial charge is 0.225 e. The topological polar surface area (TPSA) is 41.4 Å². The van der Waals surface area contributed by atoms with Gasteiger partial charge in [0.25, 0.3) is 0 Å². The first-order valence-electron chi connectivity index (χ1n) is 11.2. The predicted molar refractivity (Wildman–Crippen MR) is 121 cm³/mol. The number of benzene rings is 2. The molecule has 0 bridgehead atoms. The lowest BCUT2D eigenvalue weighted by atomic mass is 9.95. The molecule has 2 fully saturated rings. The predicted octanol–water partition coefficient (Wildman–Crippen LogP) is 4.23. The number of anilines is 1. The maximum atomic E-state index is 12.8. The highest BCUT2D eigenvalue weighted by atomic mass is 16.2. The molecule has 0 N–H and O–H groups in total. The van der Waals surface area contributed by atoms with Gasteiger partial charge in [0.1, 0.15) is 0 Å². The van der Waals surface area contributed by atoms with Crippen LogP contribution in [-0.2, 0) is 11.3 Å². The van der Waals surface area contributed by atoms with E-state index in [2.05, 4.69) is 69.8 Å². The van der Waals surface area contributed by atoms with Crippen LogP contribution in [-0.4, -0.2) is 46.5 Å². The summed E-state index contributed by atoms with van der Waals surface area (Å²) in [7, 11) is 0. The number of para-hydroxylation sites is 2. The molecule has 5 heteroatoms. The van der Waals surface area contributed by atoms with Gasteiger partial charge in [0.15, 0.2) is 0 Å². The van der Waals surface area contributed by atoms with Crippen molar-refractivity contribution < 1.29 is 4.79 Å². The SMILES string of the molecule is Cc1cccc(Cn2c(N3CCC(C(=O)N4CCCC4)CC3)nc3ccccc32)c1. The summed E-state index contributed by atoms with van der Waals surface area (Å²) in [6.45, 7) is 6.63. The lowest BCUT2D eigenvalue weighted by Crippen LogP contribution is -2.42. The average Bonchev–Trinajstić information content (AvgIpc) is 3.42. The zero-order chi connectivity index (χ0) is 20.5. The Morgan fingerprint density at radius 2 is 1.77 bits per heavy atom. The van der Waals surface area contributed by atoms with Crippen LogP contribution in [0.1, 0.15) is 36.8 Å². The van der Waals surface area contributed by atoms with Crippen LogP contribution in [0.2, 0.25) is 0 Å². The van der Waals surface area contributed by atoms with E-state index in [9.17, 15) is 4.79 Å². The molecular weight excluding hydrogens is 372 g/mol. The van der Waals surface area contributed by atoms with Gasteiger partial charge in [0.05, 0.1) is 17.6 Å². The maximum absolute atomic E-state index is 12.8. The molecule has 5 nitrogen and oxygen atoms in total. The Bertz CT molecular complexity index is 1040. The molecule has 0 unspecified atom stereocenters. The number of hydrogen-bond acceptors (Lipinski definition) is 3. The van der Waals surface area contributed by atoms with Crippen molar-refractivity contribution in [2.45, 2.75) is 39.2 Å². The van der Waals surface area contributed by atoms with Crippen LogP contribution in [0.3, 0.4) is 0 Å². The second kappa shape index (κ2) is 8.13. The molecule has 2 saturated heterocycles. The highest BCUT2D eigenvalue weighted by Crippen LogP contribution is 2.29. The van der Waals surface area contributed by atoms with Crippen LogP contribution in [0.4, 0.5) is 5.95 Å². The Labute approximate surface area is 178 Å². The van der Waals surface area contributed by atoms with Crippen molar-refractivity contribution in [1.29, 1.82) is 0 Å². The fourth-order valence-electron chi connectivity index (χ4n) is 4.98. The molecule has 0 saturated carbocycles. The monoisotopic (exact) mass is 402 g/mol. The Hall–Kier alpha value is -2.82. The van der Waals surface area contributed by atoms with Crippen LogP contribution in [0.15, 0.2) is 48.5 Å². The number of piperidine rings is 1. The number of aryl methyl sites for hydroxylation is 1. The zero-order valence-electron chi connectivity index (χ0n) is 17.8. The first-order chi connectivity index (χ1) is 14.7. The number of likely N-dealkylation sites (tertiary alicyclic amines) is 1. The van der Waals surface area contributed by atoms with Gasteiger partial charge in [-0.1, -0.05) is 42.0 Å². The molecule has 5 rings (SSSR count). The number of hydrogen-bond donors (Lipinski definition) is 0. The summed E-state index contributed by atoms with van der Waals surface area (Å²) in [5.41, 5.74) is 4.78. The molecule has 156 valence electrons. The lowest BCUT2D eigenvalue weighted by Gasteiger charge is -2.34. The van der Waals surface area contributed by atoms with E-state index in [1.807, 2.05) is 0 Å². The number of rotatable bonds is 4. The highest BCUT2D eigenvalue weighted by molar-refractivity contribution is 5.80. The van der Waals surface area contributed by atoms with Crippen molar-refractivity contribution in [3.8, 4) is 0 Å². The number of amides is 1. The van der Waals surface area contributed by atoms with Gasteiger partial charge >= 0.3 is 0 Å². The van der Waals surface area contributed by atoms with E-state index in [0.29, 0.717) is 5.91 Å². The highest BCUT2D eigenvalue weighted by Gasteiger charge is 2.31. The van der Waals surface area contributed by atoms with Crippen molar-refractivity contribution in [2.24, 2.45) is 5.92 Å². The quantitative estimate of drug-likeness (QED) is 0.656. The van der Waals surface area contributed by atoms with E-state index in [-0.39, 0.29) is 5.92 Å². The van der Waals surface area contributed by atoms with Gasteiger partial charge in [-0.05, 0) is 50.3 Å². The minimum atomic E-state index is 0.175. The normalized spacial score (nSPS) is 17.8. The molecule has 0 spiro atoms. The number of fused-ring (bicyclic) bond motifs is 1. The number of imidazole rings is 1. The van der Waals surface area contributed by atoms with Crippen LogP contribution in [0.5, 0.6) is 0 Å². The Morgan fingerprint density at radius 3 is 2.53 bits per heavy atom. The summed E-state index contributed by atoms with van der Waals surface area (Å²) < 4.78 is 2.34. The van der Waals surface area contributed by atoms with Gasteiger partial charge in [-0.3, -0.25) is 4.79 Å². The third-order valence-electron chi connectivity index (χ3n) is 6.60. The van der Waals surface area contributed by atoms with E-state index in [0.717, 1.165) is 69.9 Å². The van der Waals surface area contributed by atoms with E-state index in [1.54, 1.807) is 0 Å². The largest absolute Gasteiger partial charge is 0.342 e. The van der Waals surface area contributed by atoms with E-state index in [1.165, 1.54) is 16.6 Å². The average molecular weight is 403 g/mol. The molecule has 2 aliphatic rings.